The number of oxazole rings is 1. The van der Waals surface area contributed by atoms with Crippen LogP contribution in [0.2, 0.25) is 10.0 Å². The summed E-state index contributed by atoms with van der Waals surface area (Å²) in [5.41, 5.74) is 3.47. The van der Waals surface area contributed by atoms with Gasteiger partial charge in [-0.05, 0) is 47.4 Å². The number of amides is 1. The first-order valence-electron chi connectivity index (χ1n) is 9.90. The van der Waals surface area contributed by atoms with Crippen LogP contribution in [0, 0.1) is 0 Å². The summed E-state index contributed by atoms with van der Waals surface area (Å²) < 4.78 is 6.14. The second kappa shape index (κ2) is 8.50. The first-order valence-corrected chi connectivity index (χ1v) is 10.7. The zero-order chi connectivity index (χ0) is 22.1. The van der Waals surface area contributed by atoms with Gasteiger partial charge in [-0.1, -0.05) is 71.7 Å². The minimum absolute atomic E-state index is 0.301. The van der Waals surface area contributed by atoms with E-state index in [1.807, 2.05) is 60.7 Å². The summed E-state index contributed by atoms with van der Waals surface area (Å²) in [7, 11) is 0. The Bertz CT molecular complexity index is 1500. The fourth-order valence-corrected chi connectivity index (χ4v) is 4.00. The highest BCUT2D eigenvalue weighted by atomic mass is 35.5. The van der Waals surface area contributed by atoms with Crippen molar-refractivity contribution in [3.05, 3.63) is 101 Å². The molecule has 0 spiro atoms. The minimum Gasteiger partial charge on any atom is -0.435 e. The second-order valence-electron chi connectivity index (χ2n) is 7.19. The van der Waals surface area contributed by atoms with Gasteiger partial charge in [0, 0.05) is 21.5 Å². The molecule has 4 aromatic carbocycles. The van der Waals surface area contributed by atoms with Gasteiger partial charge in [-0.25, -0.2) is 4.98 Å². The Kier molecular flexibility index (Phi) is 5.39. The number of aromatic nitrogens is 1. The number of hydrogen-bond acceptors (Lipinski definition) is 3. The van der Waals surface area contributed by atoms with Crippen molar-refractivity contribution in [2.45, 2.75) is 0 Å². The van der Waals surface area contributed by atoms with Gasteiger partial charge in [0.1, 0.15) is 5.52 Å². The van der Waals surface area contributed by atoms with Crippen molar-refractivity contribution in [2.24, 2.45) is 0 Å². The standard InChI is InChI=1S/C26H16Cl2N2O2/c27-18-12-9-17(21(28)15-18)11-14-24(31)29-22-8-4-3-7-20(22)26-30-23-13-10-16-5-1-2-6-19(16)25(23)32-26/h1-15H,(H,29,31). The van der Waals surface area contributed by atoms with Gasteiger partial charge in [0.05, 0.1) is 11.3 Å². The molecule has 0 saturated carbocycles. The molecule has 156 valence electrons. The van der Waals surface area contributed by atoms with Gasteiger partial charge in [0.25, 0.3) is 0 Å². The van der Waals surface area contributed by atoms with Gasteiger partial charge < -0.3 is 9.73 Å². The van der Waals surface area contributed by atoms with Crippen molar-refractivity contribution >= 4 is 62.7 Å². The van der Waals surface area contributed by atoms with E-state index in [-0.39, 0.29) is 5.91 Å². The normalized spacial score (nSPS) is 11.4. The predicted octanol–water partition coefficient (Wildman–Crippen LogP) is 7.61. The summed E-state index contributed by atoms with van der Waals surface area (Å²) >= 11 is 12.1. The van der Waals surface area contributed by atoms with Crippen molar-refractivity contribution in [2.75, 3.05) is 5.32 Å². The Balaban J connectivity index is 1.46. The SMILES string of the molecule is O=C(C=Cc1ccc(Cl)cc1Cl)Nc1ccccc1-c1nc2ccc3ccccc3c2o1. The van der Waals surface area contributed by atoms with E-state index in [9.17, 15) is 4.79 Å². The molecular formula is C26H16Cl2N2O2. The molecular weight excluding hydrogens is 443 g/mol. The van der Waals surface area contributed by atoms with E-state index in [0.29, 0.717) is 32.8 Å². The number of hydrogen-bond donors (Lipinski definition) is 1. The van der Waals surface area contributed by atoms with Crippen molar-refractivity contribution in [3.8, 4) is 11.5 Å². The third-order valence-corrected chi connectivity index (χ3v) is 5.63. The van der Waals surface area contributed by atoms with E-state index in [2.05, 4.69) is 10.3 Å². The van der Waals surface area contributed by atoms with E-state index in [1.54, 1.807) is 24.3 Å². The van der Waals surface area contributed by atoms with E-state index in [0.717, 1.165) is 21.9 Å². The number of halogens is 2. The smallest absolute Gasteiger partial charge is 0.248 e. The zero-order valence-electron chi connectivity index (χ0n) is 16.7. The van der Waals surface area contributed by atoms with Crippen molar-refractivity contribution in [1.82, 2.24) is 4.98 Å². The fraction of sp³-hybridized carbons (Fsp3) is 0. The molecule has 0 aliphatic carbocycles. The molecule has 4 nitrogen and oxygen atoms in total. The van der Waals surface area contributed by atoms with E-state index < -0.39 is 0 Å². The molecule has 1 aromatic heterocycles. The highest BCUT2D eigenvalue weighted by molar-refractivity contribution is 6.35. The number of nitrogens with one attached hydrogen (secondary N) is 1. The molecule has 5 rings (SSSR count). The molecule has 0 fully saturated rings. The molecule has 0 unspecified atom stereocenters. The van der Waals surface area contributed by atoms with Crippen molar-refractivity contribution in [1.29, 1.82) is 0 Å². The summed E-state index contributed by atoms with van der Waals surface area (Å²) in [6, 6.07) is 24.4. The summed E-state index contributed by atoms with van der Waals surface area (Å²) in [6.07, 6.45) is 3.06. The Morgan fingerprint density at radius 2 is 1.75 bits per heavy atom. The summed E-state index contributed by atoms with van der Waals surface area (Å²) in [5.74, 6) is 0.141. The van der Waals surface area contributed by atoms with Crippen LogP contribution in [0.3, 0.4) is 0 Å². The van der Waals surface area contributed by atoms with Gasteiger partial charge in [0.15, 0.2) is 5.58 Å². The maximum Gasteiger partial charge on any atom is 0.248 e. The Hall–Kier alpha value is -3.60. The number of rotatable bonds is 4. The third-order valence-electron chi connectivity index (χ3n) is 5.07. The Morgan fingerprint density at radius 1 is 0.938 bits per heavy atom. The topological polar surface area (TPSA) is 55.1 Å². The quantitative estimate of drug-likeness (QED) is 0.282. The molecule has 1 N–H and O–H groups in total. The average Bonchev–Trinajstić information content (AvgIpc) is 3.24. The summed E-state index contributed by atoms with van der Waals surface area (Å²) in [6.45, 7) is 0. The minimum atomic E-state index is -0.301. The van der Waals surface area contributed by atoms with Crippen LogP contribution in [0.4, 0.5) is 5.69 Å². The van der Waals surface area contributed by atoms with Crippen LogP contribution in [0.15, 0.2) is 89.4 Å². The summed E-state index contributed by atoms with van der Waals surface area (Å²) in [5, 5.41) is 5.98. The molecule has 0 aliphatic rings. The molecule has 5 aromatic rings. The molecule has 0 saturated heterocycles. The van der Waals surface area contributed by atoms with Crippen LogP contribution in [0.5, 0.6) is 0 Å². The van der Waals surface area contributed by atoms with Gasteiger partial charge in [-0.2, -0.15) is 0 Å². The van der Waals surface area contributed by atoms with E-state index in [1.165, 1.54) is 6.08 Å². The average molecular weight is 459 g/mol. The predicted molar refractivity (Wildman–Crippen MR) is 131 cm³/mol. The number of carbonyl (C=O) groups is 1. The molecule has 0 radical (unpaired) electrons. The van der Waals surface area contributed by atoms with Crippen LogP contribution in [0.25, 0.3) is 39.4 Å². The fourth-order valence-electron chi connectivity index (χ4n) is 3.53. The Labute approximate surface area is 194 Å². The number of carbonyl (C=O) groups excluding carboxylic acids is 1. The van der Waals surface area contributed by atoms with Crippen LogP contribution in [-0.4, -0.2) is 10.9 Å². The first-order chi connectivity index (χ1) is 15.6. The highest BCUT2D eigenvalue weighted by Crippen LogP contribution is 2.33. The molecule has 0 atom stereocenters. The lowest BCUT2D eigenvalue weighted by Gasteiger charge is -2.07. The van der Waals surface area contributed by atoms with Gasteiger partial charge >= 0.3 is 0 Å². The van der Waals surface area contributed by atoms with E-state index in [4.69, 9.17) is 27.6 Å². The highest BCUT2D eigenvalue weighted by Gasteiger charge is 2.15. The van der Waals surface area contributed by atoms with Gasteiger partial charge in [-0.3, -0.25) is 4.79 Å². The third kappa shape index (κ3) is 3.98. The van der Waals surface area contributed by atoms with Crippen LogP contribution < -0.4 is 5.32 Å². The lowest BCUT2D eigenvalue weighted by molar-refractivity contribution is -0.111. The Morgan fingerprint density at radius 3 is 2.62 bits per heavy atom. The zero-order valence-corrected chi connectivity index (χ0v) is 18.2. The van der Waals surface area contributed by atoms with Crippen LogP contribution in [-0.2, 0) is 4.79 Å². The van der Waals surface area contributed by atoms with Gasteiger partial charge in [0.2, 0.25) is 11.8 Å². The molecule has 1 heterocycles. The second-order valence-corrected chi connectivity index (χ2v) is 8.03. The number of nitrogens with zero attached hydrogens (tertiary/aromatic N) is 1. The molecule has 0 bridgehead atoms. The van der Waals surface area contributed by atoms with Crippen molar-refractivity contribution in [3.63, 3.8) is 0 Å². The van der Waals surface area contributed by atoms with Crippen LogP contribution >= 0.6 is 23.2 Å². The van der Waals surface area contributed by atoms with Crippen molar-refractivity contribution < 1.29 is 9.21 Å². The molecule has 32 heavy (non-hydrogen) atoms. The largest absolute Gasteiger partial charge is 0.435 e. The maximum absolute atomic E-state index is 12.6. The van der Waals surface area contributed by atoms with E-state index >= 15 is 0 Å². The number of benzene rings is 4. The lowest BCUT2D eigenvalue weighted by Crippen LogP contribution is -2.08. The molecule has 0 aliphatic heterocycles. The summed E-state index contributed by atoms with van der Waals surface area (Å²) in [4.78, 5) is 17.2. The number of fused-ring (bicyclic) bond motifs is 3. The molecule has 6 heteroatoms. The number of anilines is 1. The first kappa shape index (κ1) is 20.3. The molecule has 1 amide bonds. The monoisotopic (exact) mass is 458 g/mol. The maximum atomic E-state index is 12.6. The lowest BCUT2D eigenvalue weighted by atomic mass is 10.1. The number of para-hydroxylation sites is 1. The van der Waals surface area contributed by atoms with Crippen LogP contribution in [0.1, 0.15) is 5.56 Å². The van der Waals surface area contributed by atoms with Gasteiger partial charge in [-0.15, -0.1) is 0 Å².